The number of rotatable bonds is 5. The van der Waals surface area contributed by atoms with Crippen LogP contribution in [0.15, 0.2) is 71.9 Å². The average Bonchev–Trinajstić information content (AvgIpc) is 3.28. The molecule has 6 rings (SSSR count). The maximum atomic E-state index is 5.57. The number of nitrogens with zero attached hydrogens (tertiary/aromatic N) is 6. The fourth-order valence-corrected chi connectivity index (χ4v) is 4.59. The van der Waals surface area contributed by atoms with Gasteiger partial charge < -0.3 is 14.8 Å². The van der Waals surface area contributed by atoms with E-state index in [1.807, 2.05) is 60.8 Å². The summed E-state index contributed by atoms with van der Waals surface area (Å²) in [6.45, 7) is 1.95. The van der Waals surface area contributed by atoms with Crippen LogP contribution in [0.1, 0.15) is 17.4 Å². The van der Waals surface area contributed by atoms with Crippen molar-refractivity contribution in [1.29, 1.82) is 0 Å². The molecule has 2 aromatic heterocycles. The fraction of sp³-hybridized carbons (Fsp3) is 0.240. The van der Waals surface area contributed by atoms with E-state index in [1.165, 1.54) is 0 Å². The van der Waals surface area contributed by atoms with Crippen molar-refractivity contribution >= 4 is 22.9 Å². The Labute approximate surface area is 197 Å². The molecule has 0 saturated carbocycles. The Kier molecular flexibility index (Phi) is 5.03. The summed E-state index contributed by atoms with van der Waals surface area (Å²) in [5, 5.41) is 3.64. The summed E-state index contributed by atoms with van der Waals surface area (Å²) < 4.78 is 13.2. The van der Waals surface area contributed by atoms with Crippen LogP contribution in [-0.2, 0) is 6.54 Å². The first kappa shape index (κ1) is 20.5. The third-order valence-electron chi connectivity index (χ3n) is 6.20. The minimum atomic E-state index is -0.195. The third-order valence-corrected chi connectivity index (χ3v) is 6.20. The average molecular weight is 456 g/mol. The molecule has 34 heavy (non-hydrogen) atoms. The van der Waals surface area contributed by atoms with Crippen molar-refractivity contribution in [3.63, 3.8) is 0 Å². The zero-order valence-electron chi connectivity index (χ0n) is 19.0. The van der Waals surface area contributed by atoms with E-state index in [-0.39, 0.29) is 6.17 Å². The number of guanidine groups is 1. The van der Waals surface area contributed by atoms with Crippen LogP contribution in [0.5, 0.6) is 11.5 Å². The van der Waals surface area contributed by atoms with Crippen LogP contribution in [0.4, 0.5) is 5.95 Å². The van der Waals surface area contributed by atoms with Crippen LogP contribution in [-0.4, -0.2) is 53.0 Å². The van der Waals surface area contributed by atoms with Gasteiger partial charge in [0.1, 0.15) is 6.17 Å². The molecule has 4 aromatic rings. The Morgan fingerprint density at radius 1 is 1.00 bits per heavy atom. The second kappa shape index (κ2) is 8.35. The summed E-state index contributed by atoms with van der Waals surface area (Å²) in [5.41, 5.74) is 4.03. The highest BCUT2D eigenvalue weighted by Crippen LogP contribution is 2.37. The molecule has 9 heteroatoms. The SMILES string of the molecule is COc1ccc([C@H]2NC3=NCN(Cc4ccccn4)CN3c3nc4ccccc4n32)cc1OC. The molecule has 1 N–H and O–H groups in total. The summed E-state index contributed by atoms with van der Waals surface area (Å²) in [4.78, 5) is 18.7. The van der Waals surface area contributed by atoms with Crippen molar-refractivity contribution in [2.75, 3.05) is 32.5 Å². The van der Waals surface area contributed by atoms with Gasteiger partial charge in [0.25, 0.3) is 0 Å². The highest BCUT2D eigenvalue weighted by Gasteiger charge is 2.36. The van der Waals surface area contributed by atoms with Gasteiger partial charge in [-0.2, -0.15) is 0 Å². The number of aliphatic imine (C=N–C) groups is 1. The number of para-hydroxylation sites is 2. The molecule has 2 aromatic carbocycles. The number of aromatic nitrogens is 3. The molecule has 0 amide bonds. The monoisotopic (exact) mass is 455 g/mol. The summed E-state index contributed by atoms with van der Waals surface area (Å²) in [6, 6.07) is 20.1. The first-order valence-corrected chi connectivity index (χ1v) is 11.1. The van der Waals surface area contributed by atoms with E-state index in [0.717, 1.165) is 34.2 Å². The first-order chi connectivity index (χ1) is 16.7. The molecular formula is C25H25N7O2. The number of anilines is 1. The predicted octanol–water partition coefficient (Wildman–Crippen LogP) is 3.19. The van der Waals surface area contributed by atoms with Gasteiger partial charge in [-0.25, -0.2) is 9.98 Å². The number of benzene rings is 2. The third kappa shape index (κ3) is 3.41. The van der Waals surface area contributed by atoms with E-state index < -0.39 is 0 Å². The molecule has 0 bridgehead atoms. The molecule has 4 heterocycles. The number of hydrogen-bond acceptors (Lipinski definition) is 8. The molecule has 0 unspecified atom stereocenters. The minimum absolute atomic E-state index is 0.195. The quantitative estimate of drug-likeness (QED) is 0.495. The summed E-state index contributed by atoms with van der Waals surface area (Å²) in [6.07, 6.45) is 1.63. The zero-order chi connectivity index (χ0) is 23.1. The molecule has 0 saturated heterocycles. The van der Waals surface area contributed by atoms with Crippen molar-refractivity contribution in [3.05, 3.63) is 78.1 Å². The van der Waals surface area contributed by atoms with Gasteiger partial charge in [-0.05, 0) is 42.0 Å². The van der Waals surface area contributed by atoms with Crippen LogP contribution >= 0.6 is 0 Å². The van der Waals surface area contributed by atoms with Crippen molar-refractivity contribution < 1.29 is 9.47 Å². The highest BCUT2D eigenvalue weighted by atomic mass is 16.5. The lowest BCUT2D eigenvalue weighted by Crippen LogP contribution is -2.57. The van der Waals surface area contributed by atoms with Crippen molar-refractivity contribution in [1.82, 2.24) is 24.8 Å². The molecule has 0 fully saturated rings. The first-order valence-electron chi connectivity index (χ1n) is 11.1. The minimum Gasteiger partial charge on any atom is -0.493 e. The van der Waals surface area contributed by atoms with Gasteiger partial charge in [0.2, 0.25) is 11.9 Å². The number of hydrogen-bond donors (Lipinski definition) is 1. The largest absolute Gasteiger partial charge is 0.493 e. The van der Waals surface area contributed by atoms with Gasteiger partial charge in [-0.15, -0.1) is 0 Å². The Balaban J connectivity index is 1.42. The standard InChI is InChI=1S/C25H25N7O2/c1-33-21-11-10-17(13-22(21)34-2)23-29-24-27-15-30(14-18-7-5-6-12-26-18)16-31(24)25-28-19-8-3-4-9-20(19)32(23)25/h3-13,23H,14-16H2,1-2H3,(H,27,29)/t23-/m0/s1. The van der Waals surface area contributed by atoms with E-state index in [2.05, 4.69) is 30.7 Å². The smallest absolute Gasteiger partial charge is 0.216 e. The molecule has 0 aliphatic carbocycles. The maximum absolute atomic E-state index is 5.57. The molecule has 0 radical (unpaired) electrons. The van der Waals surface area contributed by atoms with Crippen LogP contribution < -0.4 is 19.7 Å². The normalized spacial score (nSPS) is 17.5. The lowest BCUT2D eigenvalue weighted by Gasteiger charge is -2.41. The van der Waals surface area contributed by atoms with Crippen molar-refractivity contribution in [3.8, 4) is 11.5 Å². The molecule has 9 nitrogen and oxygen atoms in total. The highest BCUT2D eigenvalue weighted by molar-refractivity contribution is 5.98. The molecule has 2 aliphatic rings. The van der Waals surface area contributed by atoms with Crippen LogP contribution in [0.2, 0.25) is 0 Å². The van der Waals surface area contributed by atoms with E-state index in [9.17, 15) is 0 Å². The number of fused-ring (bicyclic) bond motifs is 5. The van der Waals surface area contributed by atoms with Gasteiger partial charge >= 0.3 is 0 Å². The Morgan fingerprint density at radius 2 is 1.85 bits per heavy atom. The van der Waals surface area contributed by atoms with Gasteiger partial charge in [0.15, 0.2) is 11.5 Å². The summed E-state index contributed by atoms with van der Waals surface area (Å²) >= 11 is 0. The van der Waals surface area contributed by atoms with Crippen LogP contribution in [0, 0.1) is 0 Å². The summed E-state index contributed by atoms with van der Waals surface area (Å²) in [7, 11) is 3.29. The van der Waals surface area contributed by atoms with E-state index in [4.69, 9.17) is 19.5 Å². The number of pyridine rings is 1. The number of ether oxygens (including phenoxy) is 2. The maximum Gasteiger partial charge on any atom is 0.216 e. The van der Waals surface area contributed by atoms with E-state index in [0.29, 0.717) is 31.4 Å². The lowest BCUT2D eigenvalue weighted by molar-refractivity contribution is 0.261. The van der Waals surface area contributed by atoms with Crippen LogP contribution in [0.3, 0.4) is 0 Å². The molecular weight excluding hydrogens is 430 g/mol. The van der Waals surface area contributed by atoms with Gasteiger partial charge in [-0.1, -0.05) is 24.3 Å². The van der Waals surface area contributed by atoms with Crippen molar-refractivity contribution in [2.24, 2.45) is 4.99 Å². The molecule has 1 atom stereocenters. The predicted molar refractivity (Wildman–Crippen MR) is 130 cm³/mol. The van der Waals surface area contributed by atoms with Crippen molar-refractivity contribution in [2.45, 2.75) is 12.7 Å². The molecule has 0 spiro atoms. The van der Waals surface area contributed by atoms with Gasteiger partial charge in [0, 0.05) is 12.7 Å². The topological polar surface area (TPSA) is 80.0 Å². The van der Waals surface area contributed by atoms with Crippen LogP contribution in [0.25, 0.3) is 11.0 Å². The number of imidazole rings is 1. The zero-order valence-corrected chi connectivity index (χ0v) is 19.0. The Hall–Kier alpha value is -4.11. The lowest BCUT2D eigenvalue weighted by atomic mass is 10.1. The van der Waals surface area contributed by atoms with Gasteiger partial charge in [0.05, 0.1) is 44.3 Å². The second-order valence-corrected chi connectivity index (χ2v) is 8.27. The molecule has 172 valence electrons. The summed E-state index contributed by atoms with van der Waals surface area (Å²) in [5.74, 6) is 3.03. The number of methoxy groups -OCH3 is 2. The Bertz CT molecular complexity index is 1370. The van der Waals surface area contributed by atoms with Gasteiger partial charge in [-0.3, -0.25) is 19.4 Å². The fourth-order valence-electron chi connectivity index (χ4n) is 4.59. The van der Waals surface area contributed by atoms with E-state index in [1.54, 1.807) is 14.2 Å². The van der Waals surface area contributed by atoms with E-state index >= 15 is 0 Å². The molecule has 2 aliphatic heterocycles. The number of nitrogens with one attached hydrogen (secondary N) is 1. The Morgan fingerprint density at radius 3 is 2.68 bits per heavy atom. The second-order valence-electron chi connectivity index (χ2n) is 8.27.